The van der Waals surface area contributed by atoms with Crippen molar-refractivity contribution in [1.82, 2.24) is 0 Å². The summed E-state index contributed by atoms with van der Waals surface area (Å²) in [5.74, 6) is -5.36. The number of carbonyl (C=O) groups excluding carboxylic acids is 2. The molecule has 5 aliphatic rings. The van der Waals surface area contributed by atoms with E-state index in [1.54, 1.807) is 47.3 Å². The van der Waals surface area contributed by atoms with E-state index < -0.39 is 133 Å². The van der Waals surface area contributed by atoms with E-state index in [0.717, 1.165) is 38.5 Å². The van der Waals surface area contributed by atoms with E-state index in [-0.39, 0.29) is 86.7 Å². The van der Waals surface area contributed by atoms with Gasteiger partial charge in [0.05, 0.1) is 116 Å². The topological polar surface area (TPSA) is 279 Å². The highest BCUT2D eigenvalue weighted by atomic mass is 16.6. The number of methoxy groups -OCH3 is 3. The molecule has 0 amide bonds. The van der Waals surface area contributed by atoms with Gasteiger partial charge in [0.15, 0.2) is 0 Å². The molecule has 552 valence electrons. The molecule has 0 saturated carbocycles. The van der Waals surface area contributed by atoms with E-state index in [4.69, 9.17) is 42.6 Å². The summed E-state index contributed by atoms with van der Waals surface area (Å²) >= 11 is 0. The first-order chi connectivity index (χ1) is 45.5. The van der Waals surface area contributed by atoms with Crippen LogP contribution in [-0.2, 0) is 52.2 Å². The smallest absolute Gasteiger partial charge is 0.331 e. The van der Waals surface area contributed by atoms with Crippen LogP contribution < -0.4 is 0 Å². The van der Waals surface area contributed by atoms with Crippen LogP contribution in [0.25, 0.3) is 0 Å². The standard InChI is InChI=1S/C77H130O19/c1-45-25-31-57(78)38-60-22-18-24-63(94-60)42-71(90-15)52(8)67(81)44-69(83)54(10)77(56(12)75(87)48(4)30-34-64-40-65(88-13)37-50(6)92-64)96-73(85)36-28-46(2)26-32-58(79)39-61-21-17-23-62(93-61)41-70(89-14)51(7)66(80)43-68(82)53(9)76(95-72(84)35-27-45)55(11)74(86)47(3)29-33-59-20-16-19-49(5)91-59/h17-18,21-22,25-28,35-36,47-71,74-83,86-87H,16,19-20,23-24,29-34,37-44H2,1-15H3/b35-27+,36-28+,45-25+,46-26+/t47-,48-,49-,50-,51-,52-,53-,54-,55-,56-,57-,58-,59+,60-,61-,62-,63-,64?,65+,66-,67-,68+,69+,70-,71-,74-,75-,76-,77-/m0/s1. The molecule has 19 nitrogen and oxygen atoms in total. The van der Waals surface area contributed by atoms with Crippen molar-refractivity contribution in [2.75, 3.05) is 21.3 Å². The Bertz CT molecular complexity index is 2430. The molecular weight excluding hydrogens is 1230 g/mol. The first-order valence-electron chi connectivity index (χ1n) is 36.6. The number of hydrogen-bond acceptors (Lipinski definition) is 19. The van der Waals surface area contributed by atoms with Gasteiger partial charge >= 0.3 is 11.9 Å². The van der Waals surface area contributed by atoms with Crippen molar-refractivity contribution in [3.63, 3.8) is 0 Å². The van der Waals surface area contributed by atoms with Gasteiger partial charge in [-0.05, 0) is 136 Å². The highest BCUT2D eigenvalue weighted by Gasteiger charge is 2.42. The quantitative estimate of drug-likeness (QED) is 0.0559. The second kappa shape index (κ2) is 42.3. The number of fused-ring (bicyclic) bond motifs is 4. The summed E-state index contributed by atoms with van der Waals surface area (Å²) in [5.41, 5.74) is 1.40. The van der Waals surface area contributed by atoms with Crippen molar-refractivity contribution >= 4 is 11.9 Å². The third kappa shape index (κ3) is 27.6. The summed E-state index contributed by atoms with van der Waals surface area (Å²) in [7, 11) is 4.88. The average Bonchev–Trinajstić information content (AvgIpc) is 0.868. The Morgan fingerprint density at radius 1 is 0.479 bits per heavy atom. The van der Waals surface area contributed by atoms with Gasteiger partial charge in [0.25, 0.3) is 0 Å². The fourth-order valence-corrected chi connectivity index (χ4v) is 15.1. The Balaban J connectivity index is 1.36. The molecule has 96 heavy (non-hydrogen) atoms. The molecule has 0 aromatic rings. The second-order valence-electron chi connectivity index (χ2n) is 29.9. The van der Waals surface area contributed by atoms with Crippen molar-refractivity contribution < 1.29 is 93.1 Å². The van der Waals surface area contributed by atoms with Gasteiger partial charge in [0.1, 0.15) is 12.2 Å². The minimum Gasteiger partial charge on any atom is -0.458 e. The first-order valence-corrected chi connectivity index (χ1v) is 36.6. The van der Waals surface area contributed by atoms with Gasteiger partial charge in [-0.3, -0.25) is 0 Å². The molecule has 0 radical (unpaired) electrons. The van der Waals surface area contributed by atoms with Crippen molar-refractivity contribution in [2.24, 2.45) is 47.3 Å². The number of aliphatic hydroxyl groups is 8. The largest absolute Gasteiger partial charge is 0.458 e. The lowest BCUT2D eigenvalue weighted by Crippen LogP contribution is -2.45. The third-order valence-electron chi connectivity index (χ3n) is 21.9. The van der Waals surface area contributed by atoms with Gasteiger partial charge in [0.2, 0.25) is 0 Å². The Kier molecular flexibility index (Phi) is 36.7. The van der Waals surface area contributed by atoms with Gasteiger partial charge in [-0.15, -0.1) is 0 Å². The number of hydrogen-bond donors (Lipinski definition) is 8. The van der Waals surface area contributed by atoms with E-state index in [1.165, 1.54) is 12.2 Å². The van der Waals surface area contributed by atoms with Crippen LogP contribution in [-0.4, -0.2) is 202 Å². The predicted molar refractivity (Wildman–Crippen MR) is 371 cm³/mol. The zero-order valence-electron chi connectivity index (χ0n) is 61.0. The molecule has 2 fully saturated rings. The van der Waals surface area contributed by atoms with Gasteiger partial charge in [-0.1, -0.05) is 115 Å². The zero-order chi connectivity index (χ0) is 70.9. The number of carbonyl (C=O) groups is 2. The molecule has 5 rings (SSSR count). The van der Waals surface area contributed by atoms with Crippen LogP contribution in [0.1, 0.15) is 205 Å². The second-order valence-corrected chi connectivity index (χ2v) is 29.9. The summed E-state index contributed by atoms with van der Waals surface area (Å²) in [4.78, 5) is 27.8. The van der Waals surface area contributed by atoms with E-state index in [1.807, 2.05) is 98.8 Å². The molecule has 0 aliphatic carbocycles. The highest BCUT2D eigenvalue weighted by molar-refractivity contribution is 5.83. The summed E-state index contributed by atoms with van der Waals surface area (Å²) in [5, 5.41) is 94.2. The number of rotatable bonds is 15. The molecular formula is C77H130O19. The minimum absolute atomic E-state index is 0.0273. The third-order valence-corrected chi connectivity index (χ3v) is 21.9. The zero-order valence-corrected chi connectivity index (χ0v) is 61.0. The Morgan fingerprint density at radius 3 is 1.31 bits per heavy atom. The molecule has 29 atom stereocenters. The van der Waals surface area contributed by atoms with Crippen LogP contribution >= 0.6 is 0 Å². The van der Waals surface area contributed by atoms with Crippen LogP contribution in [0.5, 0.6) is 0 Å². The van der Waals surface area contributed by atoms with Gasteiger partial charge < -0.3 is 83.5 Å². The molecule has 2 saturated heterocycles. The Hall–Kier alpha value is -3.22. The number of aliphatic hydroxyl groups excluding tert-OH is 8. The van der Waals surface area contributed by atoms with Crippen molar-refractivity contribution in [3.05, 3.63) is 71.9 Å². The fraction of sp³-hybridized carbons (Fsp3) is 0.818. The minimum atomic E-state index is -1.16. The van der Waals surface area contributed by atoms with E-state index >= 15 is 0 Å². The maximum Gasteiger partial charge on any atom is 0.331 e. The number of esters is 2. The lowest BCUT2D eigenvalue weighted by Gasteiger charge is -2.38. The van der Waals surface area contributed by atoms with Gasteiger partial charge in [0, 0.05) is 94.7 Å². The van der Waals surface area contributed by atoms with E-state index in [2.05, 4.69) is 6.92 Å². The molecule has 0 spiro atoms. The number of ether oxygens (including phenoxy) is 9. The normalized spacial score (nSPS) is 40.9. The number of allylic oxidation sites excluding steroid dienone is 4. The van der Waals surface area contributed by atoms with Crippen molar-refractivity contribution in [3.8, 4) is 0 Å². The monoisotopic (exact) mass is 1360 g/mol. The van der Waals surface area contributed by atoms with Crippen LogP contribution in [0.4, 0.5) is 0 Å². The van der Waals surface area contributed by atoms with Crippen LogP contribution in [0.2, 0.25) is 0 Å². The molecule has 5 heterocycles. The molecule has 19 heteroatoms. The van der Waals surface area contributed by atoms with Crippen molar-refractivity contribution in [2.45, 2.75) is 333 Å². The van der Waals surface area contributed by atoms with Crippen LogP contribution in [0.15, 0.2) is 71.9 Å². The maximum absolute atomic E-state index is 13.9. The molecule has 0 aromatic heterocycles. The fourth-order valence-electron chi connectivity index (χ4n) is 15.1. The first kappa shape index (κ1) is 83.4. The molecule has 4 bridgehead atoms. The van der Waals surface area contributed by atoms with Crippen molar-refractivity contribution in [1.29, 1.82) is 0 Å². The predicted octanol–water partition coefficient (Wildman–Crippen LogP) is 10.5. The van der Waals surface area contributed by atoms with E-state index in [0.29, 0.717) is 62.5 Å². The molecule has 5 aliphatic heterocycles. The molecule has 0 aromatic carbocycles. The number of cyclic esters (lactones) is 2. The molecule has 1 unspecified atom stereocenters. The summed E-state index contributed by atoms with van der Waals surface area (Å²) in [6.07, 6.45) is 16.2. The average molecular weight is 1360 g/mol. The lowest BCUT2D eigenvalue weighted by atomic mass is 9.78. The van der Waals surface area contributed by atoms with Gasteiger partial charge in [-0.2, -0.15) is 0 Å². The summed E-state index contributed by atoms with van der Waals surface area (Å²) in [6.45, 7) is 22.6. The Morgan fingerprint density at radius 2 is 0.896 bits per heavy atom. The maximum atomic E-state index is 13.9. The van der Waals surface area contributed by atoms with Crippen LogP contribution in [0, 0.1) is 47.3 Å². The van der Waals surface area contributed by atoms with E-state index in [9.17, 15) is 50.4 Å². The van der Waals surface area contributed by atoms with Crippen LogP contribution in [0.3, 0.4) is 0 Å². The van der Waals surface area contributed by atoms with Gasteiger partial charge in [-0.25, -0.2) is 9.59 Å². The lowest BCUT2D eigenvalue weighted by molar-refractivity contribution is -0.158. The summed E-state index contributed by atoms with van der Waals surface area (Å²) < 4.78 is 55.6. The summed E-state index contributed by atoms with van der Waals surface area (Å²) in [6, 6.07) is 0. The highest BCUT2D eigenvalue weighted by Crippen LogP contribution is 2.36. The molecule has 8 N–H and O–H groups in total. The Labute approximate surface area is 576 Å². The SMILES string of the molecule is CO[C@H]1CC(CC[C@H](C)[C@H](O)[C@H](C)[C@H]2OC(=O)/C=C/C(C)=C/C[C@H](O)C[C@@H]3C=CC[C@@H](C[C@H](OC)[C@@H](C)[C@@H](O)C[C@@H](O)[C@H](C)[C@@H]([C@@H](C)[C@@H](O)[C@@H](C)CC[C@H]4CCC[C@H](C)O4)OC(=O)/C=C/C(C)=C/C[C@H](O)C[C@@H]4C=CC[C@@H](C[C@H](OC)[C@@H](C)[C@@H](O)C[C@@H](O)[C@@H]2C)O4)O3)O[C@@H](C)C1.